The van der Waals surface area contributed by atoms with E-state index in [2.05, 4.69) is 147 Å². The second-order valence-corrected chi connectivity index (χ2v) is 11.5. The molecule has 0 atom stereocenters. The molecule has 1 aliphatic carbocycles. The second kappa shape index (κ2) is 12.5. The summed E-state index contributed by atoms with van der Waals surface area (Å²) in [6.45, 7) is 8.54. The number of nitrogens with two attached hydrogens (primary N) is 1. The zero-order valence-electron chi connectivity index (χ0n) is 25.8. The molecule has 44 heavy (non-hydrogen) atoms. The number of nitrogen functional groups attached to an aromatic ring is 1. The van der Waals surface area contributed by atoms with Crippen molar-refractivity contribution in [2.24, 2.45) is 4.99 Å². The third-order valence-corrected chi connectivity index (χ3v) is 7.84. The van der Waals surface area contributed by atoms with Crippen molar-refractivity contribution in [2.75, 3.05) is 15.5 Å². The molecule has 1 aliphatic rings. The first kappa shape index (κ1) is 28.8. The minimum absolute atomic E-state index is 0.607. The van der Waals surface area contributed by atoms with Gasteiger partial charge in [-0.15, -0.1) is 0 Å². The molecule has 0 heterocycles. The minimum atomic E-state index is 0.607. The monoisotopic (exact) mass is 574 g/mol. The van der Waals surface area contributed by atoms with E-state index in [4.69, 9.17) is 10.7 Å². The van der Waals surface area contributed by atoms with Gasteiger partial charge in [0.1, 0.15) is 0 Å². The van der Waals surface area contributed by atoms with Gasteiger partial charge in [0.05, 0.1) is 22.8 Å². The highest BCUT2D eigenvalue weighted by Crippen LogP contribution is 2.39. The molecule has 218 valence electrons. The maximum absolute atomic E-state index is 6.47. The van der Waals surface area contributed by atoms with Gasteiger partial charge in [-0.25, -0.2) is 4.99 Å². The molecule has 4 nitrogen and oxygen atoms in total. The fourth-order valence-electron chi connectivity index (χ4n) is 5.76. The van der Waals surface area contributed by atoms with Gasteiger partial charge in [0, 0.05) is 34.9 Å². The topological polar surface area (TPSA) is 44.9 Å². The predicted molar refractivity (Wildman–Crippen MR) is 188 cm³/mol. The molecule has 2 N–H and O–H groups in total. The number of nitrogens with zero attached hydrogens (tertiary/aromatic N) is 3. The molecule has 5 aromatic carbocycles. The number of hydrogen-bond donors (Lipinski definition) is 1. The van der Waals surface area contributed by atoms with Crippen LogP contribution >= 0.6 is 0 Å². The van der Waals surface area contributed by atoms with Crippen LogP contribution in [0.2, 0.25) is 0 Å². The van der Waals surface area contributed by atoms with E-state index in [0.29, 0.717) is 12.1 Å². The Morgan fingerprint density at radius 3 is 1.43 bits per heavy atom. The third kappa shape index (κ3) is 6.20. The largest absolute Gasteiger partial charge is 0.397 e. The van der Waals surface area contributed by atoms with E-state index in [9.17, 15) is 0 Å². The summed E-state index contributed by atoms with van der Waals surface area (Å²) >= 11 is 0. The smallest absolute Gasteiger partial charge is 0.0863 e. The molecule has 0 bridgehead atoms. The Bertz CT molecular complexity index is 1820. The zero-order valence-corrected chi connectivity index (χ0v) is 25.8. The predicted octanol–water partition coefficient (Wildman–Crippen LogP) is 10.4. The van der Waals surface area contributed by atoms with Crippen LogP contribution in [0.15, 0.2) is 150 Å². The molecule has 0 aromatic heterocycles. The molecule has 0 spiro atoms. The molecule has 0 aliphatic heterocycles. The van der Waals surface area contributed by atoms with Crippen LogP contribution in [0.3, 0.4) is 0 Å². The number of aryl methyl sites for hydroxylation is 4. The van der Waals surface area contributed by atoms with Gasteiger partial charge >= 0.3 is 0 Å². The van der Waals surface area contributed by atoms with Gasteiger partial charge in [-0.3, -0.25) is 0 Å². The maximum atomic E-state index is 6.47. The van der Waals surface area contributed by atoms with Gasteiger partial charge < -0.3 is 15.5 Å². The highest BCUT2D eigenvalue weighted by molar-refractivity contribution is 6.09. The lowest BCUT2D eigenvalue weighted by Crippen LogP contribution is -2.28. The standard InChI is InChI=1S/C40H38N4/c1-28-11-7-15-32(23-28)43(33-16-8-12-29(2)24-33)36-21-22-40(39(27-36)42-38-20-6-5-19-37(38)41)44(34-17-9-13-30(3)25-34)35-18-10-14-31(4)26-35/h5-26H,27,41H2,1-4H3. The highest BCUT2D eigenvalue weighted by atomic mass is 15.2. The van der Waals surface area contributed by atoms with Crippen molar-refractivity contribution in [3.63, 3.8) is 0 Å². The summed E-state index contributed by atoms with van der Waals surface area (Å²) in [5.74, 6) is 0. The maximum Gasteiger partial charge on any atom is 0.0863 e. The average molecular weight is 575 g/mol. The van der Waals surface area contributed by atoms with Gasteiger partial charge in [-0.1, -0.05) is 60.7 Å². The van der Waals surface area contributed by atoms with Gasteiger partial charge in [0.15, 0.2) is 0 Å². The number of benzene rings is 5. The minimum Gasteiger partial charge on any atom is -0.397 e. The highest BCUT2D eigenvalue weighted by Gasteiger charge is 2.27. The van der Waals surface area contributed by atoms with Crippen LogP contribution in [0, 0.1) is 27.7 Å². The van der Waals surface area contributed by atoms with E-state index in [1.807, 2.05) is 24.3 Å². The van der Waals surface area contributed by atoms with E-state index in [0.717, 1.165) is 45.5 Å². The van der Waals surface area contributed by atoms with Crippen molar-refractivity contribution in [1.29, 1.82) is 0 Å². The zero-order chi connectivity index (χ0) is 30.6. The molecule has 6 rings (SSSR count). The van der Waals surface area contributed by atoms with E-state index in [1.54, 1.807) is 0 Å². The molecule has 0 saturated heterocycles. The lowest BCUT2D eigenvalue weighted by atomic mass is 9.99. The number of anilines is 5. The van der Waals surface area contributed by atoms with Crippen molar-refractivity contribution < 1.29 is 0 Å². The third-order valence-electron chi connectivity index (χ3n) is 7.84. The van der Waals surface area contributed by atoms with Crippen molar-refractivity contribution >= 4 is 39.8 Å². The Labute approximate surface area is 261 Å². The number of aliphatic imine (C=N–C) groups is 1. The summed E-state index contributed by atoms with van der Waals surface area (Å²) < 4.78 is 0. The Hall–Kier alpha value is -5.35. The van der Waals surface area contributed by atoms with E-state index < -0.39 is 0 Å². The molecule has 0 unspecified atom stereocenters. The van der Waals surface area contributed by atoms with Crippen LogP contribution in [0.1, 0.15) is 28.7 Å². The van der Waals surface area contributed by atoms with Crippen LogP contribution in [-0.4, -0.2) is 5.71 Å². The molecule has 5 aromatic rings. The summed E-state index contributed by atoms with van der Waals surface area (Å²) in [4.78, 5) is 9.95. The van der Waals surface area contributed by atoms with E-state index in [-0.39, 0.29) is 0 Å². The van der Waals surface area contributed by atoms with Crippen LogP contribution in [0.4, 0.5) is 34.1 Å². The summed E-state index contributed by atoms with van der Waals surface area (Å²) in [6.07, 6.45) is 5.06. The fraction of sp³-hybridized carbons (Fsp3) is 0.125. The molecule has 4 heteroatoms. The van der Waals surface area contributed by atoms with Gasteiger partial charge in [-0.05, 0) is 123 Å². The van der Waals surface area contributed by atoms with Gasteiger partial charge in [-0.2, -0.15) is 0 Å². The van der Waals surface area contributed by atoms with Crippen molar-refractivity contribution in [1.82, 2.24) is 0 Å². The first-order valence-corrected chi connectivity index (χ1v) is 15.1. The summed E-state index contributed by atoms with van der Waals surface area (Å²) in [5, 5.41) is 0. The molecular weight excluding hydrogens is 536 g/mol. The first-order valence-electron chi connectivity index (χ1n) is 15.1. The second-order valence-electron chi connectivity index (χ2n) is 11.5. The average Bonchev–Trinajstić information content (AvgIpc) is 3.00. The normalized spacial score (nSPS) is 13.8. The van der Waals surface area contributed by atoms with Crippen molar-refractivity contribution in [3.05, 3.63) is 167 Å². The molecule has 0 saturated carbocycles. The Morgan fingerprint density at radius 1 is 0.523 bits per heavy atom. The van der Waals surface area contributed by atoms with E-state index in [1.165, 1.54) is 22.3 Å². The lowest BCUT2D eigenvalue weighted by Gasteiger charge is -2.34. The van der Waals surface area contributed by atoms with Gasteiger partial charge in [0.25, 0.3) is 0 Å². The fourth-order valence-corrected chi connectivity index (χ4v) is 5.76. The van der Waals surface area contributed by atoms with Crippen molar-refractivity contribution in [2.45, 2.75) is 34.1 Å². The summed E-state index contributed by atoms with van der Waals surface area (Å²) in [7, 11) is 0. The Kier molecular flexibility index (Phi) is 8.16. The quantitative estimate of drug-likeness (QED) is 0.197. The van der Waals surface area contributed by atoms with Crippen LogP contribution in [-0.2, 0) is 0 Å². The van der Waals surface area contributed by atoms with Crippen LogP contribution in [0.25, 0.3) is 0 Å². The van der Waals surface area contributed by atoms with E-state index >= 15 is 0 Å². The number of allylic oxidation sites excluding steroid dienone is 4. The Balaban J connectivity index is 1.58. The molecular formula is C40H38N4. The molecule has 0 radical (unpaired) electrons. The molecule has 0 amide bonds. The lowest BCUT2D eigenvalue weighted by molar-refractivity contribution is 1.07. The molecule has 0 fully saturated rings. The van der Waals surface area contributed by atoms with Crippen LogP contribution in [0.5, 0.6) is 0 Å². The summed E-state index contributed by atoms with van der Waals surface area (Å²) in [5.41, 5.74) is 20.2. The van der Waals surface area contributed by atoms with Gasteiger partial charge in [0.2, 0.25) is 0 Å². The Morgan fingerprint density at radius 2 is 0.977 bits per heavy atom. The van der Waals surface area contributed by atoms with Crippen LogP contribution < -0.4 is 15.5 Å². The SMILES string of the molecule is Cc1cccc(N(C2=CC=C(N(c3cccc(C)c3)c3cccc(C)c3)C(=Nc3ccccc3N)C2)c2cccc(C)c2)c1. The first-order chi connectivity index (χ1) is 21.4. The number of hydrogen-bond acceptors (Lipinski definition) is 4. The number of para-hydroxylation sites is 2. The summed E-state index contributed by atoms with van der Waals surface area (Å²) in [6, 6.07) is 42.4. The number of rotatable bonds is 7. The van der Waals surface area contributed by atoms with Crippen molar-refractivity contribution in [3.8, 4) is 0 Å².